The molecule has 2 rings (SSSR count). The molecule has 116 valence electrons. The van der Waals surface area contributed by atoms with Gasteiger partial charge < -0.3 is 10.2 Å². The summed E-state index contributed by atoms with van der Waals surface area (Å²) >= 11 is 0. The van der Waals surface area contributed by atoms with Gasteiger partial charge in [0, 0.05) is 12.5 Å². The Hall–Kier alpha value is -1.50. The molecule has 0 aromatic heterocycles. The summed E-state index contributed by atoms with van der Waals surface area (Å²) in [6.07, 6.45) is 12.3. The smallest absolute Gasteiger partial charge is 0.246 e. The molecule has 3 atom stereocenters. The first kappa shape index (κ1) is 15.9. The van der Waals surface area contributed by atoms with E-state index in [0.29, 0.717) is 6.42 Å². The monoisotopic (exact) mass is 290 g/mol. The third-order valence-electron chi connectivity index (χ3n) is 4.95. The van der Waals surface area contributed by atoms with Crippen LogP contribution in [0.2, 0.25) is 0 Å². The molecule has 1 aliphatic heterocycles. The number of rotatable bonds is 4. The number of carbonyl (C=O) groups excluding carboxylic acids is 2. The Morgan fingerprint density at radius 3 is 2.57 bits per heavy atom. The molecular weight excluding hydrogens is 264 g/mol. The molecule has 2 aliphatic rings. The van der Waals surface area contributed by atoms with Crippen molar-refractivity contribution in [3.63, 3.8) is 0 Å². The molecule has 2 amide bonds. The van der Waals surface area contributed by atoms with E-state index in [1.807, 2.05) is 6.92 Å². The Kier molecular flexibility index (Phi) is 5.27. The zero-order valence-electron chi connectivity index (χ0n) is 13.1. The van der Waals surface area contributed by atoms with E-state index in [-0.39, 0.29) is 29.8 Å². The van der Waals surface area contributed by atoms with Gasteiger partial charge >= 0.3 is 0 Å². The summed E-state index contributed by atoms with van der Waals surface area (Å²) in [6.45, 7) is 3.81. The Morgan fingerprint density at radius 1 is 1.33 bits per heavy atom. The van der Waals surface area contributed by atoms with Crippen molar-refractivity contribution in [2.24, 2.45) is 5.92 Å². The average molecular weight is 290 g/mol. The van der Waals surface area contributed by atoms with E-state index in [1.165, 1.54) is 6.42 Å². The topological polar surface area (TPSA) is 49.4 Å². The normalized spacial score (nSPS) is 28.9. The van der Waals surface area contributed by atoms with Gasteiger partial charge in [-0.2, -0.15) is 0 Å². The molecule has 4 nitrogen and oxygen atoms in total. The highest BCUT2D eigenvalue weighted by molar-refractivity contribution is 5.97. The summed E-state index contributed by atoms with van der Waals surface area (Å²) in [7, 11) is 0. The van der Waals surface area contributed by atoms with E-state index < -0.39 is 6.04 Å². The third kappa shape index (κ3) is 3.23. The lowest BCUT2D eigenvalue weighted by atomic mass is 9.82. The number of piperazine rings is 1. The first-order chi connectivity index (χ1) is 10.1. The van der Waals surface area contributed by atoms with Crippen LogP contribution in [-0.4, -0.2) is 34.8 Å². The van der Waals surface area contributed by atoms with Gasteiger partial charge in [0.2, 0.25) is 11.8 Å². The predicted molar refractivity (Wildman–Crippen MR) is 82.3 cm³/mol. The predicted octanol–water partition coefficient (Wildman–Crippen LogP) is 2.08. The van der Waals surface area contributed by atoms with Crippen molar-refractivity contribution in [2.75, 3.05) is 0 Å². The van der Waals surface area contributed by atoms with Gasteiger partial charge in [-0.05, 0) is 32.1 Å². The Bertz CT molecular complexity index is 435. The first-order valence-electron chi connectivity index (χ1n) is 8.16. The first-order valence-corrected chi connectivity index (χ1v) is 8.16. The number of hydrogen-bond donors (Lipinski definition) is 1. The maximum atomic E-state index is 12.9. The van der Waals surface area contributed by atoms with Gasteiger partial charge in [-0.3, -0.25) is 9.59 Å². The van der Waals surface area contributed by atoms with Crippen molar-refractivity contribution in [2.45, 2.75) is 76.9 Å². The molecule has 1 aliphatic carbocycles. The SMILES string of the molecule is C#CCC(CC)N1C(=O)C(C2CCCCC2)NC(=O)C1C. The minimum absolute atomic E-state index is 0.0327. The van der Waals surface area contributed by atoms with Crippen molar-refractivity contribution in [3.8, 4) is 12.3 Å². The lowest BCUT2D eigenvalue weighted by Crippen LogP contribution is -2.66. The van der Waals surface area contributed by atoms with E-state index in [9.17, 15) is 9.59 Å². The van der Waals surface area contributed by atoms with Crippen molar-refractivity contribution in [1.82, 2.24) is 10.2 Å². The van der Waals surface area contributed by atoms with E-state index in [2.05, 4.69) is 11.2 Å². The van der Waals surface area contributed by atoms with Crippen molar-refractivity contribution >= 4 is 11.8 Å². The number of nitrogens with one attached hydrogen (secondary N) is 1. The molecule has 0 aromatic rings. The van der Waals surface area contributed by atoms with Gasteiger partial charge in [-0.15, -0.1) is 12.3 Å². The molecule has 0 spiro atoms. The van der Waals surface area contributed by atoms with Crippen LogP contribution in [0, 0.1) is 18.3 Å². The second-order valence-electron chi connectivity index (χ2n) is 6.28. The van der Waals surface area contributed by atoms with Crippen molar-refractivity contribution < 1.29 is 9.59 Å². The summed E-state index contributed by atoms with van der Waals surface area (Å²) in [5.41, 5.74) is 0. The van der Waals surface area contributed by atoms with Crippen molar-refractivity contribution in [1.29, 1.82) is 0 Å². The highest BCUT2D eigenvalue weighted by atomic mass is 16.2. The second kappa shape index (κ2) is 6.98. The van der Waals surface area contributed by atoms with E-state index in [0.717, 1.165) is 32.1 Å². The zero-order chi connectivity index (χ0) is 15.4. The highest BCUT2D eigenvalue weighted by Crippen LogP contribution is 2.30. The molecule has 1 N–H and O–H groups in total. The van der Waals surface area contributed by atoms with Crippen LogP contribution in [0.25, 0.3) is 0 Å². The molecule has 0 aromatic carbocycles. The summed E-state index contributed by atoms with van der Waals surface area (Å²) < 4.78 is 0. The van der Waals surface area contributed by atoms with Crippen LogP contribution in [0.15, 0.2) is 0 Å². The van der Waals surface area contributed by atoms with Gasteiger partial charge in [-0.1, -0.05) is 26.2 Å². The van der Waals surface area contributed by atoms with Crippen LogP contribution < -0.4 is 5.32 Å². The number of amides is 2. The minimum Gasteiger partial charge on any atom is -0.342 e. The standard InChI is InChI=1S/C17H26N2O2/c1-4-9-14(5-2)19-12(3)16(20)18-15(17(19)21)13-10-7-6-8-11-13/h1,12-15H,5-11H2,2-3H3,(H,18,20). The molecule has 1 saturated heterocycles. The van der Waals surface area contributed by atoms with Crippen LogP contribution in [0.1, 0.15) is 58.8 Å². The molecule has 0 bridgehead atoms. The molecule has 3 unspecified atom stereocenters. The summed E-state index contributed by atoms with van der Waals surface area (Å²) in [5, 5.41) is 2.95. The maximum Gasteiger partial charge on any atom is 0.246 e. The summed E-state index contributed by atoms with van der Waals surface area (Å²) in [6, 6.07) is -0.800. The lowest BCUT2D eigenvalue weighted by Gasteiger charge is -2.44. The Labute approximate surface area is 127 Å². The van der Waals surface area contributed by atoms with Crippen LogP contribution >= 0.6 is 0 Å². The van der Waals surface area contributed by atoms with E-state index >= 15 is 0 Å². The summed E-state index contributed by atoms with van der Waals surface area (Å²) in [4.78, 5) is 26.9. The van der Waals surface area contributed by atoms with Gasteiger partial charge in [0.25, 0.3) is 0 Å². The van der Waals surface area contributed by atoms with Crippen LogP contribution in [0.5, 0.6) is 0 Å². The molecule has 1 heterocycles. The van der Waals surface area contributed by atoms with E-state index in [4.69, 9.17) is 6.42 Å². The van der Waals surface area contributed by atoms with Crippen LogP contribution in [-0.2, 0) is 9.59 Å². The van der Waals surface area contributed by atoms with Gasteiger partial charge in [0.1, 0.15) is 12.1 Å². The van der Waals surface area contributed by atoms with Gasteiger partial charge in [-0.25, -0.2) is 0 Å². The van der Waals surface area contributed by atoms with Crippen LogP contribution in [0.4, 0.5) is 0 Å². The van der Waals surface area contributed by atoms with E-state index in [1.54, 1.807) is 11.8 Å². The Morgan fingerprint density at radius 2 is 2.00 bits per heavy atom. The highest BCUT2D eigenvalue weighted by Gasteiger charge is 2.43. The lowest BCUT2D eigenvalue weighted by molar-refractivity contribution is -0.153. The molecule has 2 fully saturated rings. The number of carbonyl (C=O) groups is 2. The fraction of sp³-hybridized carbons (Fsp3) is 0.765. The fourth-order valence-corrected chi connectivity index (χ4v) is 3.67. The van der Waals surface area contributed by atoms with Gasteiger partial charge in [0.15, 0.2) is 0 Å². The number of hydrogen-bond acceptors (Lipinski definition) is 2. The molecular formula is C17H26N2O2. The molecule has 21 heavy (non-hydrogen) atoms. The van der Waals surface area contributed by atoms with Crippen LogP contribution in [0.3, 0.4) is 0 Å². The quantitative estimate of drug-likeness (QED) is 0.806. The average Bonchev–Trinajstić information content (AvgIpc) is 2.51. The maximum absolute atomic E-state index is 12.9. The largest absolute Gasteiger partial charge is 0.342 e. The minimum atomic E-state index is -0.421. The Balaban J connectivity index is 2.20. The molecule has 1 saturated carbocycles. The van der Waals surface area contributed by atoms with Crippen molar-refractivity contribution in [3.05, 3.63) is 0 Å². The summed E-state index contributed by atoms with van der Waals surface area (Å²) in [5.74, 6) is 2.95. The third-order valence-corrected chi connectivity index (χ3v) is 4.95. The fourth-order valence-electron chi connectivity index (χ4n) is 3.67. The second-order valence-corrected chi connectivity index (χ2v) is 6.28. The van der Waals surface area contributed by atoms with Gasteiger partial charge in [0.05, 0.1) is 0 Å². The number of nitrogens with zero attached hydrogens (tertiary/aromatic N) is 1. The zero-order valence-corrected chi connectivity index (χ0v) is 13.1. The molecule has 4 heteroatoms. The number of terminal acetylenes is 1. The molecule has 0 radical (unpaired) electrons.